The van der Waals surface area contributed by atoms with Gasteiger partial charge in [0.2, 0.25) is 0 Å². The summed E-state index contributed by atoms with van der Waals surface area (Å²) in [6.45, 7) is 2.32. The third kappa shape index (κ3) is 1.95. The van der Waals surface area contributed by atoms with Crippen molar-refractivity contribution in [2.24, 2.45) is 0 Å². The van der Waals surface area contributed by atoms with Crippen LogP contribution in [0.5, 0.6) is 5.75 Å². The summed E-state index contributed by atoms with van der Waals surface area (Å²) in [6, 6.07) is 4.48. The number of nitrogens with one attached hydrogen (secondary N) is 1. The Bertz CT molecular complexity index is 408. The van der Waals surface area contributed by atoms with Crippen LogP contribution in [-0.4, -0.2) is 20.2 Å². The zero-order chi connectivity index (χ0) is 11.7. The molecule has 1 atom stereocenters. The van der Waals surface area contributed by atoms with Crippen LogP contribution in [0.3, 0.4) is 0 Å². The van der Waals surface area contributed by atoms with E-state index in [1.165, 1.54) is 44.2 Å². The summed E-state index contributed by atoms with van der Waals surface area (Å²) in [6.07, 6.45) is 6.40. The molecule has 3 rings (SSSR count). The van der Waals surface area contributed by atoms with Gasteiger partial charge in [-0.05, 0) is 67.3 Å². The first-order chi connectivity index (χ1) is 8.40. The molecule has 0 spiro atoms. The Kier molecular flexibility index (Phi) is 3.06. The molecule has 1 aliphatic heterocycles. The molecular formula is C15H21NO. The highest BCUT2D eigenvalue weighted by Gasteiger charge is 2.24. The normalized spacial score (nSPS) is 23.5. The summed E-state index contributed by atoms with van der Waals surface area (Å²) in [4.78, 5) is 0. The lowest BCUT2D eigenvalue weighted by molar-refractivity contribution is 0.405. The lowest BCUT2D eigenvalue weighted by atomic mass is 9.83. The fraction of sp³-hybridized carbons (Fsp3) is 0.600. The SMILES string of the molecule is COc1ccc(C2CCNC2)c2c1CCCC2. The molecule has 1 N–H and O–H groups in total. The van der Waals surface area contributed by atoms with Crippen LogP contribution in [0, 0.1) is 0 Å². The molecule has 0 amide bonds. The van der Waals surface area contributed by atoms with E-state index in [-0.39, 0.29) is 0 Å². The molecule has 1 heterocycles. The van der Waals surface area contributed by atoms with Crippen LogP contribution >= 0.6 is 0 Å². The standard InChI is InChI=1S/C15H21NO/c1-17-15-7-6-12(11-8-9-16-10-11)13-4-2-3-5-14(13)15/h6-7,11,16H,2-5,8-10H2,1H3. The third-order valence-electron chi connectivity index (χ3n) is 4.25. The molecule has 17 heavy (non-hydrogen) atoms. The molecule has 92 valence electrons. The fourth-order valence-corrected chi connectivity index (χ4v) is 3.36. The maximum Gasteiger partial charge on any atom is 0.122 e. The quantitative estimate of drug-likeness (QED) is 0.845. The van der Waals surface area contributed by atoms with Crippen LogP contribution in [0.15, 0.2) is 12.1 Å². The van der Waals surface area contributed by atoms with Crippen LogP contribution < -0.4 is 10.1 Å². The van der Waals surface area contributed by atoms with Crippen molar-refractivity contribution in [2.75, 3.05) is 20.2 Å². The molecule has 1 unspecified atom stereocenters. The number of benzene rings is 1. The molecule has 0 bridgehead atoms. The van der Waals surface area contributed by atoms with Gasteiger partial charge in [-0.3, -0.25) is 0 Å². The number of fused-ring (bicyclic) bond motifs is 1. The number of hydrogen-bond donors (Lipinski definition) is 1. The van der Waals surface area contributed by atoms with Crippen molar-refractivity contribution >= 4 is 0 Å². The Labute approximate surface area is 103 Å². The molecule has 1 saturated heterocycles. The monoisotopic (exact) mass is 231 g/mol. The topological polar surface area (TPSA) is 21.3 Å². The molecule has 0 aromatic heterocycles. The van der Waals surface area contributed by atoms with E-state index in [2.05, 4.69) is 17.4 Å². The minimum Gasteiger partial charge on any atom is -0.496 e. The van der Waals surface area contributed by atoms with Crippen molar-refractivity contribution in [3.05, 3.63) is 28.8 Å². The average molecular weight is 231 g/mol. The van der Waals surface area contributed by atoms with E-state index in [9.17, 15) is 0 Å². The van der Waals surface area contributed by atoms with E-state index < -0.39 is 0 Å². The first-order valence-corrected chi connectivity index (χ1v) is 6.79. The van der Waals surface area contributed by atoms with Gasteiger partial charge in [0, 0.05) is 6.54 Å². The lowest BCUT2D eigenvalue weighted by Gasteiger charge is -2.24. The van der Waals surface area contributed by atoms with E-state index in [0.29, 0.717) is 0 Å². The van der Waals surface area contributed by atoms with Crippen molar-refractivity contribution in [1.29, 1.82) is 0 Å². The van der Waals surface area contributed by atoms with Gasteiger partial charge in [-0.15, -0.1) is 0 Å². The van der Waals surface area contributed by atoms with Gasteiger partial charge in [0.1, 0.15) is 5.75 Å². The molecule has 1 aromatic carbocycles. The van der Waals surface area contributed by atoms with E-state index in [0.717, 1.165) is 18.2 Å². The van der Waals surface area contributed by atoms with Gasteiger partial charge in [0.25, 0.3) is 0 Å². The molecule has 1 fully saturated rings. The zero-order valence-corrected chi connectivity index (χ0v) is 10.6. The van der Waals surface area contributed by atoms with Crippen LogP contribution in [0.1, 0.15) is 41.9 Å². The summed E-state index contributed by atoms with van der Waals surface area (Å²) in [5.41, 5.74) is 4.68. The van der Waals surface area contributed by atoms with Gasteiger partial charge in [0.15, 0.2) is 0 Å². The van der Waals surface area contributed by atoms with E-state index in [4.69, 9.17) is 4.74 Å². The summed E-state index contributed by atoms with van der Waals surface area (Å²) in [7, 11) is 1.79. The maximum atomic E-state index is 5.51. The van der Waals surface area contributed by atoms with Crippen molar-refractivity contribution in [3.63, 3.8) is 0 Å². The highest BCUT2D eigenvalue weighted by molar-refractivity contribution is 5.48. The highest BCUT2D eigenvalue weighted by Crippen LogP contribution is 2.36. The fourth-order valence-electron chi connectivity index (χ4n) is 3.36. The van der Waals surface area contributed by atoms with E-state index >= 15 is 0 Å². The molecule has 1 aliphatic carbocycles. The first-order valence-electron chi connectivity index (χ1n) is 6.79. The Morgan fingerprint density at radius 1 is 1.18 bits per heavy atom. The second-order valence-corrected chi connectivity index (χ2v) is 5.21. The van der Waals surface area contributed by atoms with Crippen molar-refractivity contribution in [1.82, 2.24) is 5.32 Å². The molecule has 0 radical (unpaired) electrons. The van der Waals surface area contributed by atoms with Crippen LogP contribution in [0.4, 0.5) is 0 Å². The van der Waals surface area contributed by atoms with Crippen LogP contribution in [0.25, 0.3) is 0 Å². The summed E-state index contributed by atoms with van der Waals surface area (Å²) < 4.78 is 5.51. The molecule has 2 heteroatoms. The largest absolute Gasteiger partial charge is 0.496 e. The van der Waals surface area contributed by atoms with Gasteiger partial charge in [-0.1, -0.05) is 6.07 Å². The zero-order valence-electron chi connectivity index (χ0n) is 10.6. The summed E-state index contributed by atoms with van der Waals surface area (Å²) in [5, 5.41) is 3.47. The predicted molar refractivity (Wildman–Crippen MR) is 69.9 cm³/mol. The number of hydrogen-bond acceptors (Lipinski definition) is 2. The summed E-state index contributed by atoms with van der Waals surface area (Å²) >= 11 is 0. The molecule has 2 aliphatic rings. The Hall–Kier alpha value is -1.02. The molecule has 0 saturated carbocycles. The minimum absolute atomic E-state index is 0.729. The van der Waals surface area contributed by atoms with Gasteiger partial charge >= 0.3 is 0 Å². The number of rotatable bonds is 2. The van der Waals surface area contributed by atoms with Gasteiger partial charge in [-0.2, -0.15) is 0 Å². The second kappa shape index (κ2) is 4.69. The second-order valence-electron chi connectivity index (χ2n) is 5.21. The third-order valence-corrected chi connectivity index (χ3v) is 4.25. The van der Waals surface area contributed by atoms with E-state index in [1.54, 1.807) is 18.2 Å². The van der Waals surface area contributed by atoms with Crippen molar-refractivity contribution in [3.8, 4) is 5.75 Å². The van der Waals surface area contributed by atoms with E-state index in [1.807, 2.05) is 0 Å². The Morgan fingerprint density at radius 3 is 2.71 bits per heavy atom. The van der Waals surface area contributed by atoms with Crippen LogP contribution in [0.2, 0.25) is 0 Å². The molecular weight excluding hydrogens is 210 g/mol. The number of methoxy groups -OCH3 is 1. The minimum atomic E-state index is 0.729. The molecule has 1 aromatic rings. The van der Waals surface area contributed by atoms with Crippen LogP contribution in [-0.2, 0) is 12.8 Å². The first kappa shape index (κ1) is 11.1. The van der Waals surface area contributed by atoms with Gasteiger partial charge < -0.3 is 10.1 Å². The van der Waals surface area contributed by atoms with Crippen molar-refractivity contribution in [2.45, 2.75) is 38.0 Å². The highest BCUT2D eigenvalue weighted by atomic mass is 16.5. The van der Waals surface area contributed by atoms with Gasteiger partial charge in [-0.25, -0.2) is 0 Å². The van der Waals surface area contributed by atoms with Crippen molar-refractivity contribution < 1.29 is 4.74 Å². The number of ether oxygens (including phenoxy) is 1. The smallest absolute Gasteiger partial charge is 0.122 e. The predicted octanol–water partition coefficient (Wildman–Crippen LogP) is 2.65. The van der Waals surface area contributed by atoms with Gasteiger partial charge in [0.05, 0.1) is 7.11 Å². The molecule has 2 nitrogen and oxygen atoms in total. The Balaban J connectivity index is 2.03. The maximum absolute atomic E-state index is 5.51. The Morgan fingerprint density at radius 2 is 2.00 bits per heavy atom. The summed E-state index contributed by atoms with van der Waals surface area (Å²) in [5.74, 6) is 1.84. The average Bonchev–Trinajstić information content (AvgIpc) is 2.91. The lowest BCUT2D eigenvalue weighted by Crippen LogP contribution is -2.13.